The van der Waals surface area contributed by atoms with Crippen LogP contribution < -0.4 is 5.32 Å². The molecule has 3 aromatic rings. The Balaban J connectivity index is 1.90. The Bertz CT molecular complexity index is 730. The van der Waals surface area contributed by atoms with Gasteiger partial charge in [0.2, 0.25) is 0 Å². The highest BCUT2D eigenvalue weighted by Gasteiger charge is 2.17. The number of tetrazole rings is 1. The van der Waals surface area contributed by atoms with Crippen molar-refractivity contribution in [2.75, 3.05) is 7.05 Å². The quantitative estimate of drug-likeness (QED) is 0.783. The third-order valence-corrected chi connectivity index (χ3v) is 3.32. The lowest BCUT2D eigenvalue weighted by molar-refractivity contribution is 0.444. The molecule has 1 N–H and O–H groups in total. The first kappa shape index (κ1) is 12.8. The van der Waals surface area contributed by atoms with Crippen molar-refractivity contribution in [3.05, 3.63) is 41.4 Å². The van der Waals surface area contributed by atoms with E-state index in [0.717, 1.165) is 16.7 Å². The van der Waals surface area contributed by atoms with Crippen LogP contribution in [-0.2, 0) is 13.5 Å². The van der Waals surface area contributed by atoms with Crippen molar-refractivity contribution >= 4 is 11.0 Å². The number of hydrogen-bond acceptors (Lipinski definition) is 5. The van der Waals surface area contributed by atoms with Crippen LogP contribution in [0.25, 0.3) is 11.0 Å². The SMILES string of the molecule is CNC(Cc1nnn(C)n1)c1cc2cc(C)ccc2o1. The van der Waals surface area contributed by atoms with E-state index in [-0.39, 0.29) is 6.04 Å². The second-order valence-corrected chi connectivity index (χ2v) is 4.93. The number of nitrogens with one attached hydrogen (secondary N) is 1. The lowest BCUT2D eigenvalue weighted by Crippen LogP contribution is -2.19. The lowest BCUT2D eigenvalue weighted by atomic mass is 10.1. The lowest BCUT2D eigenvalue weighted by Gasteiger charge is -2.10. The van der Waals surface area contributed by atoms with Gasteiger partial charge in [0, 0.05) is 11.8 Å². The van der Waals surface area contributed by atoms with Crippen LogP contribution >= 0.6 is 0 Å². The van der Waals surface area contributed by atoms with Gasteiger partial charge >= 0.3 is 0 Å². The third-order valence-electron chi connectivity index (χ3n) is 3.32. The Hall–Kier alpha value is -2.21. The number of aromatic nitrogens is 4. The summed E-state index contributed by atoms with van der Waals surface area (Å²) in [6.45, 7) is 2.07. The number of aryl methyl sites for hydroxylation is 2. The first-order valence-electron chi connectivity index (χ1n) is 6.56. The number of nitrogens with zero attached hydrogens (tertiary/aromatic N) is 4. The summed E-state index contributed by atoms with van der Waals surface area (Å²) in [7, 11) is 3.66. The highest BCUT2D eigenvalue weighted by molar-refractivity contribution is 5.78. The average molecular weight is 271 g/mol. The molecule has 20 heavy (non-hydrogen) atoms. The second kappa shape index (κ2) is 5.05. The minimum atomic E-state index is 0.0342. The number of fused-ring (bicyclic) bond motifs is 1. The smallest absolute Gasteiger partial charge is 0.176 e. The minimum Gasteiger partial charge on any atom is -0.459 e. The van der Waals surface area contributed by atoms with Crippen LogP contribution in [0.3, 0.4) is 0 Å². The van der Waals surface area contributed by atoms with E-state index in [9.17, 15) is 0 Å². The fourth-order valence-electron chi connectivity index (χ4n) is 2.29. The highest BCUT2D eigenvalue weighted by Crippen LogP contribution is 2.26. The molecule has 1 atom stereocenters. The zero-order valence-corrected chi connectivity index (χ0v) is 11.8. The van der Waals surface area contributed by atoms with Gasteiger partial charge in [-0.15, -0.1) is 10.2 Å². The second-order valence-electron chi connectivity index (χ2n) is 4.93. The molecule has 0 aliphatic rings. The van der Waals surface area contributed by atoms with Gasteiger partial charge in [-0.25, -0.2) is 0 Å². The molecule has 3 rings (SSSR count). The van der Waals surface area contributed by atoms with Crippen LogP contribution in [0.2, 0.25) is 0 Å². The van der Waals surface area contributed by atoms with E-state index in [1.165, 1.54) is 10.4 Å². The van der Waals surface area contributed by atoms with Crippen molar-refractivity contribution in [2.45, 2.75) is 19.4 Å². The van der Waals surface area contributed by atoms with Crippen LogP contribution in [-0.4, -0.2) is 27.3 Å². The summed E-state index contributed by atoms with van der Waals surface area (Å²) in [6.07, 6.45) is 0.642. The zero-order valence-electron chi connectivity index (χ0n) is 11.8. The third kappa shape index (κ3) is 2.42. The van der Waals surface area contributed by atoms with Gasteiger partial charge in [-0.05, 0) is 37.4 Å². The van der Waals surface area contributed by atoms with Crippen LogP contribution in [0.1, 0.15) is 23.2 Å². The van der Waals surface area contributed by atoms with Gasteiger partial charge in [-0.2, -0.15) is 4.80 Å². The Morgan fingerprint density at radius 1 is 1.35 bits per heavy atom. The predicted octanol–water partition coefficient (Wildman–Crippen LogP) is 1.77. The molecule has 0 saturated carbocycles. The van der Waals surface area contributed by atoms with Crippen molar-refractivity contribution in [1.82, 2.24) is 25.5 Å². The monoisotopic (exact) mass is 271 g/mol. The molecule has 0 radical (unpaired) electrons. The molecular weight excluding hydrogens is 254 g/mol. The fraction of sp³-hybridized carbons (Fsp3) is 0.357. The van der Waals surface area contributed by atoms with E-state index in [2.05, 4.69) is 39.8 Å². The van der Waals surface area contributed by atoms with Gasteiger partial charge in [0.15, 0.2) is 5.82 Å². The first-order valence-corrected chi connectivity index (χ1v) is 6.56. The molecule has 6 heteroatoms. The van der Waals surface area contributed by atoms with Crippen molar-refractivity contribution in [1.29, 1.82) is 0 Å². The molecule has 0 aliphatic heterocycles. The van der Waals surface area contributed by atoms with E-state index in [1.54, 1.807) is 7.05 Å². The Kier molecular flexibility index (Phi) is 3.23. The maximum absolute atomic E-state index is 5.91. The van der Waals surface area contributed by atoms with Crippen molar-refractivity contribution < 1.29 is 4.42 Å². The van der Waals surface area contributed by atoms with E-state index in [1.807, 2.05) is 19.2 Å². The first-order chi connectivity index (χ1) is 9.65. The van der Waals surface area contributed by atoms with Gasteiger partial charge in [0.1, 0.15) is 11.3 Å². The zero-order chi connectivity index (χ0) is 14.1. The molecule has 1 aromatic carbocycles. The number of furan rings is 1. The molecule has 0 bridgehead atoms. The summed E-state index contributed by atoms with van der Waals surface area (Å²) in [5.41, 5.74) is 2.12. The Labute approximate surface area is 116 Å². The summed E-state index contributed by atoms with van der Waals surface area (Å²) in [5, 5.41) is 16.4. The van der Waals surface area contributed by atoms with Crippen molar-refractivity contribution in [2.24, 2.45) is 7.05 Å². The Morgan fingerprint density at radius 2 is 2.20 bits per heavy atom. The molecule has 1 unspecified atom stereocenters. The molecule has 0 fully saturated rings. The van der Waals surface area contributed by atoms with Gasteiger partial charge < -0.3 is 9.73 Å². The maximum atomic E-state index is 5.91. The van der Waals surface area contributed by atoms with E-state index in [0.29, 0.717) is 12.2 Å². The van der Waals surface area contributed by atoms with Crippen LogP contribution in [0.5, 0.6) is 0 Å². The van der Waals surface area contributed by atoms with Gasteiger partial charge in [0.25, 0.3) is 0 Å². The van der Waals surface area contributed by atoms with Gasteiger partial charge in [0.05, 0.1) is 13.1 Å². The van der Waals surface area contributed by atoms with Gasteiger partial charge in [-0.1, -0.05) is 11.6 Å². The molecule has 104 valence electrons. The molecule has 0 spiro atoms. The number of rotatable bonds is 4. The van der Waals surface area contributed by atoms with Crippen LogP contribution in [0.15, 0.2) is 28.7 Å². The maximum Gasteiger partial charge on any atom is 0.176 e. The standard InChI is InChI=1S/C14H17N5O/c1-9-4-5-12-10(6-9)7-13(20-12)11(15-2)8-14-16-18-19(3)17-14/h4-7,11,15H,8H2,1-3H3. The van der Waals surface area contributed by atoms with Crippen molar-refractivity contribution in [3.63, 3.8) is 0 Å². The largest absolute Gasteiger partial charge is 0.459 e. The number of hydrogen-bond donors (Lipinski definition) is 1. The highest BCUT2D eigenvalue weighted by atomic mass is 16.3. The molecule has 0 amide bonds. The molecule has 2 heterocycles. The molecule has 2 aromatic heterocycles. The molecule has 0 aliphatic carbocycles. The van der Waals surface area contributed by atoms with Gasteiger partial charge in [-0.3, -0.25) is 0 Å². The number of likely N-dealkylation sites (N-methyl/N-ethyl adjacent to an activating group) is 1. The van der Waals surface area contributed by atoms with Crippen molar-refractivity contribution in [3.8, 4) is 0 Å². The minimum absolute atomic E-state index is 0.0342. The van der Waals surface area contributed by atoms with E-state index >= 15 is 0 Å². The summed E-state index contributed by atoms with van der Waals surface area (Å²) < 4.78 is 5.91. The average Bonchev–Trinajstić information content (AvgIpc) is 3.01. The van der Waals surface area contributed by atoms with E-state index in [4.69, 9.17) is 4.42 Å². The predicted molar refractivity (Wildman–Crippen MR) is 75.3 cm³/mol. The normalized spacial score (nSPS) is 12.9. The summed E-state index contributed by atoms with van der Waals surface area (Å²) in [6, 6.07) is 8.28. The summed E-state index contributed by atoms with van der Waals surface area (Å²) >= 11 is 0. The fourth-order valence-corrected chi connectivity index (χ4v) is 2.29. The van der Waals surface area contributed by atoms with Crippen LogP contribution in [0.4, 0.5) is 0 Å². The summed E-state index contributed by atoms with van der Waals surface area (Å²) in [4.78, 5) is 1.46. The van der Waals surface area contributed by atoms with E-state index < -0.39 is 0 Å². The number of benzene rings is 1. The van der Waals surface area contributed by atoms with Crippen LogP contribution in [0, 0.1) is 6.92 Å². The Morgan fingerprint density at radius 3 is 2.90 bits per heavy atom. The molecule has 0 saturated heterocycles. The summed E-state index contributed by atoms with van der Waals surface area (Å²) in [5.74, 6) is 1.59. The molecule has 6 nitrogen and oxygen atoms in total. The molecular formula is C14H17N5O. The topological polar surface area (TPSA) is 68.8 Å².